The van der Waals surface area contributed by atoms with Crippen LogP contribution in [0.3, 0.4) is 0 Å². The molecular formula is C21H34N6O2. The first-order valence-electron chi connectivity index (χ1n) is 11.1. The molecule has 8 heteroatoms. The molecule has 2 amide bonds. The van der Waals surface area contributed by atoms with Crippen LogP contribution in [0, 0.1) is 5.92 Å². The molecule has 0 spiro atoms. The third kappa shape index (κ3) is 5.57. The fourth-order valence-electron chi connectivity index (χ4n) is 4.69. The number of hydrogen-bond donors (Lipinski definition) is 3. The van der Waals surface area contributed by atoms with Crippen LogP contribution in [0.1, 0.15) is 55.3 Å². The summed E-state index contributed by atoms with van der Waals surface area (Å²) < 4.78 is 0. The number of aromatic nitrogens is 2. The van der Waals surface area contributed by atoms with Gasteiger partial charge in [0.15, 0.2) is 0 Å². The Kier molecular flexibility index (Phi) is 6.50. The highest BCUT2D eigenvalue weighted by Gasteiger charge is 2.38. The molecule has 0 bridgehead atoms. The van der Waals surface area contributed by atoms with E-state index in [4.69, 9.17) is 0 Å². The molecule has 1 aliphatic carbocycles. The van der Waals surface area contributed by atoms with Gasteiger partial charge in [0.2, 0.25) is 5.91 Å². The molecule has 1 aromatic rings. The number of carbonyl (C=O) groups is 2. The standard InChI is InChI=1S/C21H34N6O2/c1-26-8-6-17(7-9-26)25-20(28)10-18-4-5-19(27(18)14-15-2-3-15)13-22-21(29)16-11-23-24-12-16/h11-12,15,17-19H,2-10,13-14H2,1H3,(H,22,29)(H,23,24)(H,25,28)/t18-,19+/m1/s1. The van der Waals surface area contributed by atoms with Crippen molar-refractivity contribution in [3.8, 4) is 0 Å². The fraction of sp³-hybridized carbons (Fsp3) is 0.762. The number of aromatic amines is 1. The van der Waals surface area contributed by atoms with Crippen LogP contribution in [0.2, 0.25) is 0 Å². The molecular weight excluding hydrogens is 368 g/mol. The smallest absolute Gasteiger partial charge is 0.254 e. The van der Waals surface area contributed by atoms with E-state index in [1.54, 1.807) is 12.4 Å². The molecule has 3 heterocycles. The zero-order valence-electron chi connectivity index (χ0n) is 17.4. The normalized spacial score (nSPS) is 26.5. The number of nitrogens with one attached hydrogen (secondary N) is 3. The van der Waals surface area contributed by atoms with Gasteiger partial charge in [-0.1, -0.05) is 0 Å². The average Bonchev–Trinajstić information content (AvgIpc) is 3.21. The van der Waals surface area contributed by atoms with Crippen LogP contribution in [0.15, 0.2) is 12.4 Å². The van der Waals surface area contributed by atoms with Gasteiger partial charge in [0, 0.05) is 43.8 Å². The Morgan fingerprint density at radius 2 is 1.90 bits per heavy atom. The summed E-state index contributed by atoms with van der Waals surface area (Å²) in [7, 11) is 2.14. The number of H-pyrrole nitrogens is 1. The number of rotatable bonds is 8. The van der Waals surface area contributed by atoms with Crippen LogP contribution in [-0.4, -0.2) is 83.2 Å². The van der Waals surface area contributed by atoms with E-state index >= 15 is 0 Å². The Bertz CT molecular complexity index is 681. The average molecular weight is 403 g/mol. The zero-order chi connectivity index (χ0) is 20.2. The minimum Gasteiger partial charge on any atom is -0.353 e. The van der Waals surface area contributed by atoms with Crippen LogP contribution in [0.4, 0.5) is 0 Å². The van der Waals surface area contributed by atoms with Gasteiger partial charge in [-0.2, -0.15) is 5.10 Å². The molecule has 3 aliphatic rings. The van der Waals surface area contributed by atoms with Crippen LogP contribution >= 0.6 is 0 Å². The third-order valence-corrected chi connectivity index (χ3v) is 6.70. The highest BCUT2D eigenvalue weighted by Crippen LogP contribution is 2.35. The van der Waals surface area contributed by atoms with Gasteiger partial charge in [-0.05, 0) is 64.6 Å². The van der Waals surface area contributed by atoms with E-state index in [0.29, 0.717) is 30.6 Å². The molecule has 2 saturated heterocycles. The number of amides is 2. The van der Waals surface area contributed by atoms with Crippen molar-refractivity contribution in [1.29, 1.82) is 0 Å². The maximum absolute atomic E-state index is 12.7. The van der Waals surface area contributed by atoms with E-state index in [2.05, 4.69) is 37.7 Å². The quantitative estimate of drug-likeness (QED) is 0.603. The lowest BCUT2D eigenvalue weighted by molar-refractivity contribution is -0.123. The molecule has 4 rings (SSSR count). The summed E-state index contributed by atoms with van der Waals surface area (Å²) >= 11 is 0. The van der Waals surface area contributed by atoms with E-state index in [-0.39, 0.29) is 17.9 Å². The Labute approximate surface area is 172 Å². The number of nitrogens with zero attached hydrogens (tertiary/aromatic N) is 3. The predicted molar refractivity (Wildman–Crippen MR) is 110 cm³/mol. The van der Waals surface area contributed by atoms with Gasteiger partial charge in [0.25, 0.3) is 5.91 Å². The molecule has 1 saturated carbocycles. The fourth-order valence-corrected chi connectivity index (χ4v) is 4.69. The van der Waals surface area contributed by atoms with Crippen molar-refractivity contribution in [1.82, 2.24) is 30.6 Å². The van der Waals surface area contributed by atoms with Gasteiger partial charge in [-0.3, -0.25) is 19.6 Å². The third-order valence-electron chi connectivity index (χ3n) is 6.70. The van der Waals surface area contributed by atoms with Gasteiger partial charge >= 0.3 is 0 Å². The van der Waals surface area contributed by atoms with E-state index in [0.717, 1.165) is 51.2 Å². The van der Waals surface area contributed by atoms with E-state index in [9.17, 15) is 9.59 Å². The molecule has 0 unspecified atom stereocenters. The molecule has 0 aromatic carbocycles. The molecule has 2 atom stereocenters. The van der Waals surface area contributed by atoms with E-state index < -0.39 is 0 Å². The van der Waals surface area contributed by atoms with E-state index in [1.807, 2.05) is 0 Å². The van der Waals surface area contributed by atoms with Gasteiger partial charge < -0.3 is 15.5 Å². The van der Waals surface area contributed by atoms with Crippen molar-refractivity contribution in [3.63, 3.8) is 0 Å². The lowest BCUT2D eigenvalue weighted by atomic mass is 10.0. The predicted octanol–water partition coefficient (Wildman–Crippen LogP) is 0.983. The highest BCUT2D eigenvalue weighted by atomic mass is 16.2. The van der Waals surface area contributed by atoms with Gasteiger partial charge in [0.05, 0.1) is 11.8 Å². The summed E-state index contributed by atoms with van der Waals surface area (Å²) in [6.07, 6.45) is 10.5. The number of hydrogen-bond acceptors (Lipinski definition) is 5. The molecule has 3 fully saturated rings. The summed E-state index contributed by atoms with van der Waals surface area (Å²) in [4.78, 5) is 29.8. The maximum Gasteiger partial charge on any atom is 0.254 e. The Morgan fingerprint density at radius 3 is 2.59 bits per heavy atom. The summed E-state index contributed by atoms with van der Waals surface area (Å²) in [5, 5.41) is 12.8. The second-order valence-electron chi connectivity index (χ2n) is 9.07. The summed E-state index contributed by atoms with van der Waals surface area (Å²) in [6.45, 7) is 3.80. The van der Waals surface area contributed by atoms with Crippen molar-refractivity contribution in [2.24, 2.45) is 5.92 Å². The second-order valence-corrected chi connectivity index (χ2v) is 9.07. The summed E-state index contributed by atoms with van der Waals surface area (Å²) in [6, 6.07) is 0.923. The van der Waals surface area contributed by atoms with Gasteiger partial charge in [-0.25, -0.2) is 0 Å². The van der Waals surface area contributed by atoms with Gasteiger partial charge in [0.1, 0.15) is 0 Å². The minimum atomic E-state index is -0.0893. The van der Waals surface area contributed by atoms with Crippen LogP contribution in [-0.2, 0) is 4.79 Å². The summed E-state index contributed by atoms with van der Waals surface area (Å²) in [5.74, 6) is 0.863. The van der Waals surface area contributed by atoms with E-state index in [1.165, 1.54) is 12.8 Å². The number of piperidine rings is 1. The molecule has 29 heavy (non-hydrogen) atoms. The topological polar surface area (TPSA) is 93.4 Å². The van der Waals surface area contributed by atoms with Gasteiger partial charge in [-0.15, -0.1) is 0 Å². The Balaban J connectivity index is 1.28. The summed E-state index contributed by atoms with van der Waals surface area (Å²) in [5.41, 5.74) is 0.561. The van der Waals surface area contributed by atoms with Crippen LogP contribution in [0.5, 0.6) is 0 Å². The van der Waals surface area contributed by atoms with Crippen LogP contribution in [0.25, 0.3) is 0 Å². The lowest BCUT2D eigenvalue weighted by Gasteiger charge is -2.32. The minimum absolute atomic E-state index is 0.0893. The first-order valence-corrected chi connectivity index (χ1v) is 11.1. The molecule has 1 aromatic heterocycles. The molecule has 3 N–H and O–H groups in total. The molecule has 160 valence electrons. The highest BCUT2D eigenvalue weighted by molar-refractivity contribution is 5.93. The molecule has 2 aliphatic heterocycles. The first-order chi connectivity index (χ1) is 14.1. The van der Waals surface area contributed by atoms with Crippen LogP contribution < -0.4 is 10.6 Å². The Hall–Kier alpha value is -1.93. The molecule has 8 nitrogen and oxygen atoms in total. The van der Waals surface area contributed by atoms with Crippen molar-refractivity contribution in [2.45, 2.75) is 63.1 Å². The first kappa shape index (κ1) is 20.3. The van der Waals surface area contributed by atoms with Crippen molar-refractivity contribution >= 4 is 11.8 Å². The Morgan fingerprint density at radius 1 is 1.14 bits per heavy atom. The lowest BCUT2D eigenvalue weighted by Crippen LogP contribution is -2.47. The molecule has 0 radical (unpaired) electrons. The van der Waals surface area contributed by atoms with Crippen molar-refractivity contribution in [3.05, 3.63) is 18.0 Å². The maximum atomic E-state index is 12.7. The monoisotopic (exact) mass is 402 g/mol. The SMILES string of the molecule is CN1CCC(NC(=O)C[C@H]2CC[C@@H](CNC(=O)c3cn[nH]c3)N2CC2CC2)CC1. The largest absolute Gasteiger partial charge is 0.353 e. The number of likely N-dealkylation sites (tertiary alicyclic amines) is 2. The van der Waals surface area contributed by atoms with Crippen molar-refractivity contribution < 1.29 is 9.59 Å². The number of carbonyl (C=O) groups excluding carboxylic acids is 2. The zero-order valence-corrected chi connectivity index (χ0v) is 17.4. The second kappa shape index (κ2) is 9.26. The van der Waals surface area contributed by atoms with Crippen molar-refractivity contribution in [2.75, 3.05) is 33.2 Å².